The van der Waals surface area contributed by atoms with E-state index in [1.165, 1.54) is 4.80 Å². The maximum absolute atomic E-state index is 12.3. The van der Waals surface area contributed by atoms with Gasteiger partial charge in [-0.1, -0.05) is 43.2 Å². The molecule has 0 atom stereocenters. The molecule has 2 aromatic rings. The summed E-state index contributed by atoms with van der Waals surface area (Å²) in [6.45, 7) is -0.0821. The molecule has 1 aromatic carbocycles. The van der Waals surface area contributed by atoms with Crippen LogP contribution in [0.4, 0.5) is 0 Å². The molecule has 1 aliphatic rings. The van der Waals surface area contributed by atoms with Crippen LogP contribution in [0.1, 0.15) is 32.1 Å². The van der Waals surface area contributed by atoms with Crippen molar-refractivity contribution in [3.05, 3.63) is 30.3 Å². The highest BCUT2D eigenvalue weighted by Gasteiger charge is 2.37. The molecule has 1 aliphatic carbocycles. The first-order chi connectivity index (χ1) is 11.6. The van der Waals surface area contributed by atoms with Crippen molar-refractivity contribution in [2.24, 2.45) is 0 Å². The molecule has 8 nitrogen and oxygen atoms in total. The predicted octanol–water partition coefficient (Wildman–Crippen LogP) is 1.24. The number of hydrogen-bond acceptors (Lipinski definition) is 5. The average molecular weight is 329 g/mol. The van der Waals surface area contributed by atoms with Gasteiger partial charge >= 0.3 is 5.97 Å². The van der Waals surface area contributed by atoms with E-state index in [-0.39, 0.29) is 18.9 Å². The molecule has 1 heterocycles. The molecular weight excluding hydrogens is 310 g/mol. The van der Waals surface area contributed by atoms with Crippen molar-refractivity contribution in [3.63, 3.8) is 0 Å². The Kier molecular flexibility index (Phi) is 4.54. The van der Waals surface area contributed by atoms with Gasteiger partial charge in [0.2, 0.25) is 11.7 Å². The molecule has 3 rings (SSSR count). The lowest BCUT2D eigenvalue weighted by molar-refractivity contribution is -0.139. The summed E-state index contributed by atoms with van der Waals surface area (Å²) in [5, 5.41) is 24.0. The normalized spacial score (nSPS) is 16.0. The SMILES string of the molecule is O=C(O)CC1(NC(=O)Cn2nnc(-c3ccccc3)n2)CCCC1. The zero-order valence-corrected chi connectivity index (χ0v) is 13.2. The number of nitrogens with one attached hydrogen (secondary N) is 1. The zero-order valence-electron chi connectivity index (χ0n) is 13.2. The minimum absolute atomic E-state index is 0.0568. The van der Waals surface area contributed by atoms with Gasteiger partial charge in [0.15, 0.2) is 0 Å². The molecule has 0 spiro atoms. The molecule has 0 unspecified atom stereocenters. The smallest absolute Gasteiger partial charge is 0.305 e. The first-order valence-electron chi connectivity index (χ1n) is 7.92. The quantitative estimate of drug-likeness (QED) is 0.825. The van der Waals surface area contributed by atoms with E-state index in [2.05, 4.69) is 20.7 Å². The number of aliphatic carboxylic acids is 1. The van der Waals surface area contributed by atoms with E-state index in [9.17, 15) is 9.59 Å². The third-order valence-corrected chi connectivity index (χ3v) is 4.22. The van der Waals surface area contributed by atoms with Crippen molar-refractivity contribution < 1.29 is 14.7 Å². The van der Waals surface area contributed by atoms with Crippen molar-refractivity contribution in [2.75, 3.05) is 0 Å². The van der Waals surface area contributed by atoms with Crippen LogP contribution >= 0.6 is 0 Å². The monoisotopic (exact) mass is 329 g/mol. The van der Waals surface area contributed by atoms with Crippen LogP contribution in [-0.2, 0) is 16.1 Å². The highest BCUT2D eigenvalue weighted by Crippen LogP contribution is 2.32. The lowest BCUT2D eigenvalue weighted by Gasteiger charge is -2.28. The number of tetrazole rings is 1. The number of hydrogen-bond donors (Lipinski definition) is 2. The number of carbonyl (C=O) groups is 2. The van der Waals surface area contributed by atoms with Crippen molar-refractivity contribution in [1.29, 1.82) is 0 Å². The van der Waals surface area contributed by atoms with Gasteiger partial charge < -0.3 is 10.4 Å². The molecule has 126 valence electrons. The Morgan fingerprint density at radius 1 is 1.21 bits per heavy atom. The summed E-state index contributed by atoms with van der Waals surface area (Å²) in [6.07, 6.45) is 3.16. The molecule has 0 radical (unpaired) electrons. The molecule has 2 N–H and O–H groups in total. The van der Waals surface area contributed by atoms with Crippen LogP contribution in [0, 0.1) is 0 Å². The summed E-state index contributed by atoms with van der Waals surface area (Å²) >= 11 is 0. The number of carboxylic acids is 1. The highest BCUT2D eigenvalue weighted by atomic mass is 16.4. The standard InChI is InChI=1S/C16H19N5O3/c22-13(17-16(10-14(23)24)8-4-5-9-16)11-21-19-15(18-20-21)12-6-2-1-3-7-12/h1-3,6-7H,4-5,8-11H2,(H,17,22)(H,23,24). The molecule has 1 fully saturated rings. The third kappa shape index (κ3) is 3.76. The Balaban J connectivity index is 1.64. The minimum Gasteiger partial charge on any atom is -0.481 e. The highest BCUT2D eigenvalue weighted by molar-refractivity contribution is 5.78. The Hall–Kier alpha value is -2.77. The maximum atomic E-state index is 12.3. The van der Waals surface area contributed by atoms with Crippen molar-refractivity contribution in [1.82, 2.24) is 25.5 Å². The van der Waals surface area contributed by atoms with Crippen LogP contribution < -0.4 is 5.32 Å². The summed E-state index contributed by atoms with van der Waals surface area (Å²) in [4.78, 5) is 24.6. The summed E-state index contributed by atoms with van der Waals surface area (Å²) in [7, 11) is 0. The molecular formula is C16H19N5O3. The molecule has 1 aromatic heterocycles. The van der Waals surface area contributed by atoms with E-state index in [4.69, 9.17) is 5.11 Å². The van der Waals surface area contributed by atoms with Crippen LogP contribution in [0.15, 0.2) is 30.3 Å². The second-order valence-electron chi connectivity index (χ2n) is 6.12. The van der Waals surface area contributed by atoms with Crippen LogP contribution in [0.2, 0.25) is 0 Å². The largest absolute Gasteiger partial charge is 0.481 e. The Bertz CT molecular complexity index is 722. The van der Waals surface area contributed by atoms with E-state index >= 15 is 0 Å². The predicted molar refractivity (Wildman–Crippen MR) is 84.8 cm³/mol. The number of carboxylic acid groups (broad SMARTS) is 1. The van der Waals surface area contributed by atoms with E-state index < -0.39 is 11.5 Å². The summed E-state index contributed by atoms with van der Waals surface area (Å²) in [6, 6.07) is 9.37. The number of amides is 1. The van der Waals surface area contributed by atoms with Gasteiger partial charge in [0.1, 0.15) is 6.54 Å². The number of carbonyl (C=O) groups excluding carboxylic acids is 1. The molecule has 0 saturated heterocycles. The second kappa shape index (κ2) is 6.77. The van der Waals surface area contributed by atoms with E-state index in [0.717, 1.165) is 18.4 Å². The van der Waals surface area contributed by atoms with Gasteiger partial charge in [0.25, 0.3) is 0 Å². The lowest BCUT2D eigenvalue weighted by Crippen LogP contribution is -2.49. The van der Waals surface area contributed by atoms with E-state index in [1.54, 1.807) is 0 Å². The molecule has 1 amide bonds. The van der Waals surface area contributed by atoms with Gasteiger partial charge in [-0.05, 0) is 18.1 Å². The summed E-state index contributed by atoms with van der Waals surface area (Å²) in [5.41, 5.74) is 0.175. The summed E-state index contributed by atoms with van der Waals surface area (Å²) in [5.74, 6) is -0.748. The fraction of sp³-hybridized carbons (Fsp3) is 0.438. The number of nitrogens with zero attached hydrogens (tertiary/aromatic N) is 4. The molecule has 8 heteroatoms. The van der Waals surface area contributed by atoms with Crippen LogP contribution in [0.3, 0.4) is 0 Å². The van der Waals surface area contributed by atoms with E-state index in [0.29, 0.717) is 18.7 Å². The molecule has 1 saturated carbocycles. The Morgan fingerprint density at radius 3 is 2.58 bits per heavy atom. The third-order valence-electron chi connectivity index (χ3n) is 4.22. The minimum atomic E-state index is -0.901. The molecule has 0 bridgehead atoms. The van der Waals surface area contributed by atoms with Gasteiger partial charge in [0.05, 0.1) is 12.0 Å². The fourth-order valence-electron chi connectivity index (χ4n) is 3.16. The van der Waals surface area contributed by atoms with Gasteiger partial charge in [-0.15, -0.1) is 10.2 Å². The van der Waals surface area contributed by atoms with Gasteiger partial charge in [0, 0.05) is 5.56 Å². The van der Waals surface area contributed by atoms with Crippen molar-refractivity contribution in [2.45, 2.75) is 44.2 Å². The first kappa shape index (κ1) is 16.1. The topological polar surface area (TPSA) is 110 Å². The van der Waals surface area contributed by atoms with Crippen molar-refractivity contribution >= 4 is 11.9 Å². The van der Waals surface area contributed by atoms with E-state index in [1.807, 2.05) is 30.3 Å². The number of benzene rings is 1. The van der Waals surface area contributed by atoms with Crippen LogP contribution in [0.5, 0.6) is 0 Å². The first-order valence-corrected chi connectivity index (χ1v) is 7.92. The number of rotatable bonds is 6. The molecule has 24 heavy (non-hydrogen) atoms. The Labute approximate surface area is 138 Å². The van der Waals surface area contributed by atoms with Crippen molar-refractivity contribution in [3.8, 4) is 11.4 Å². The fourth-order valence-corrected chi connectivity index (χ4v) is 3.16. The maximum Gasteiger partial charge on any atom is 0.305 e. The van der Waals surface area contributed by atoms with Gasteiger partial charge in [-0.3, -0.25) is 9.59 Å². The Morgan fingerprint density at radius 2 is 1.92 bits per heavy atom. The second-order valence-corrected chi connectivity index (χ2v) is 6.12. The number of aromatic nitrogens is 4. The summed E-state index contributed by atoms with van der Waals surface area (Å²) < 4.78 is 0. The average Bonchev–Trinajstić information content (AvgIpc) is 3.17. The van der Waals surface area contributed by atoms with Crippen LogP contribution in [-0.4, -0.2) is 42.7 Å². The van der Waals surface area contributed by atoms with Gasteiger partial charge in [-0.2, -0.15) is 4.80 Å². The van der Waals surface area contributed by atoms with Gasteiger partial charge in [-0.25, -0.2) is 0 Å². The molecule has 0 aliphatic heterocycles. The lowest BCUT2D eigenvalue weighted by atomic mass is 9.93. The van der Waals surface area contributed by atoms with Crippen LogP contribution in [0.25, 0.3) is 11.4 Å². The zero-order chi connectivity index (χ0) is 17.0.